The van der Waals surface area contributed by atoms with Crippen LogP contribution in [0.15, 0.2) is 146 Å². The van der Waals surface area contributed by atoms with Gasteiger partial charge in [-0.25, -0.2) is 0 Å². The molecule has 0 spiro atoms. The first-order valence-electron chi connectivity index (χ1n) is 19.7. The summed E-state index contributed by atoms with van der Waals surface area (Å²) in [7, 11) is -1.35. The van der Waals surface area contributed by atoms with Gasteiger partial charge in [0, 0.05) is 17.6 Å². The van der Waals surface area contributed by atoms with E-state index in [9.17, 15) is 0 Å². The van der Waals surface area contributed by atoms with Gasteiger partial charge in [0.1, 0.15) is 0 Å². The molecule has 1 unspecified atom stereocenters. The zero-order valence-electron chi connectivity index (χ0n) is 33.8. The van der Waals surface area contributed by atoms with Gasteiger partial charge in [0.15, 0.2) is 0 Å². The molecule has 2 aliphatic rings. The molecule has 0 amide bonds. The van der Waals surface area contributed by atoms with Crippen LogP contribution in [0, 0.1) is 18.1 Å². The van der Waals surface area contributed by atoms with Gasteiger partial charge in [-0.05, 0) is 87.6 Å². The van der Waals surface area contributed by atoms with E-state index in [1.54, 1.807) is 12.4 Å². The third-order valence-electron chi connectivity index (χ3n) is 11.0. The Bertz CT molecular complexity index is 2470. The van der Waals surface area contributed by atoms with E-state index in [-0.39, 0.29) is 31.7 Å². The number of para-hydroxylation sites is 2. The van der Waals surface area contributed by atoms with Crippen molar-refractivity contribution in [2.24, 2.45) is 5.92 Å². The van der Waals surface area contributed by atoms with Gasteiger partial charge < -0.3 is 15.2 Å². The summed E-state index contributed by atoms with van der Waals surface area (Å²) in [4.78, 5) is 11.0. The molecular formula is C51H49IrN4Si. The Hall–Kier alpha value is -5.13. The zero-order valence-corrected chi connectivity index (χ0v) is 37.2. The third kappa shape index (κ3) is 8.05. The second kappa shape index (κ2) is 16.4. The molecule has 286 valence electrons. The molecule has 4 nitrogen and oxygen atoms in total. The van der Waals surface area contributed by atoms with E-state index in [2.05, 4.69) is 202 Å². The molecule has 3 heterocycles. The molecular weight excluding hydrogens is 889 g/mol. The van der Waals surface area contributed by atoms with Crippen LogP contribution in [0.4, 0.5) is 17.1 Å². The average Bonchev–Trinajstić information content (AvgIpc) is 3.71. The van der Waals surface area contributed by atoms with Crippen molar-refractivity contribution < 1.29 is 20.1 Å². The topological polar surface area (TPSA) is 43.1 Å². The number of pyridine rings is 2. The molecule has 1 atom stereocenters. The first-order chi connectivity index (χ1) is 27.0. The number of nitrogens with zero attached hydrogens (tertiary/aromatic N) is 4. The van der Waals surface area contributed by atoms with Crippen molar-refractivity contribution in [3.8, 4) is 33.5 Å². The summed E-state index contributed by atoms with van der Waals surface area (Å²) >= 11 is 0. The van der Waals surface area contributed by atoms with Gasteiger partial charge in [-0.2, -0.15) is 35.4 Å². The van der Waals surface area contributed by atoms with E-state index < -0.39 is 8.07 Å². The second-order valence-electron chi connectivity index (χ2n) is 16.9. The Labute approximate surface area is 353 Å². The van der Waals surface area contributed by atoms with E-state index in [4.69, 9.17) is 5.32 Å². The summed E-state index contributed by atoms with van der Waals surface area (Å²) in [5.41, 5.74) is 15.6. The van der Waals surface area contributed by atoms with Crippen LogP contribution in [0.25, 0.3) is 38.8 Å². The number of fused-ring (bicyclic) bond motifs is 4. The van der Waals surface area contributed by atoms with Crippen molar-refractivity contribution in [2.45, 2.75) is 65.3 Å². The Morgan fingerprint density at radius 3 is 2.19 bits per heavy atom. The molecule has 1 aliphatic carbocycles. The van der Waals surface area contributed by atoms with Gasteiger partial charge in [-0.15, -0.1) is 22.9 Å². The molecule has 5 aromatic carbocycles. The van der Waals surface area contributed by atoms with Gasteiger partial charge in [0.25, 0.3) is 0 Å². The van der Waals surface area contributed by atoms with Crippen LogP contribution < -0.4 is 10.1 Å². The molecule has 0 radical (unpaired) electrons. The molecule has 57 heavy (non-hydrogen) atoms. The fourth-order valence-corrected chi connectivity index (χ4v) is 9.83. The molecule has 0 saturated carbocycles. The van der Waals surface area contributed by atoms with Crippen molar-refractivity contribution in [1.29, 1.82) is 0 Å². The Kier molecular flexibility index (Phi) is 11.5. The van der Waals surface area contributed by atoms with Crippen molar-refractivity contribution in [2.75, 3.05) is 4.90 Å². The van der Waals surface area contributed by atoms with Crippen molar-refractivity contribution in [1.82, 2.24) is 9.97 Å². The zero-order chi connectivity index (χ0) is 39.0. The van der Waals surface area contributed by atoms with Gasteiger partial charge in [0.05, 0.1) is 8.07 Å². The van der Waals surface area contributed by atoms with Crippen LogP contribution in [0.5, 0.6) is 0 Å². The van der Waals surface area contributed by atoms with Crippen LogP contribution >= 0.6 is 0 Å². The fourth-order valence-electron chi connectivity index (χ4n) is 8.24. The maximum Gasteiger partial charge on any atom is 3.00 e. The maximum absolute atomic E-state index is 5.17. The summed E-state index contributed by atoms with van der Waals surface area (Å²) < 4.78 is 0. The fraction of sp³-hybridized carbons (Fsp3) is 0.216. The third-order valence-corrected chi connectivity index (χ3v) is 13.1. The van der Waals surface area contributed by atoms with E-state index in [0.29, 0.717) is 5.92 Å². The maximum atomic E-state index is 5.17. The van der Waals surface area contributed by atoms with Gasteiger partial charge in [-0.1, -0.05) is 144 Å². The Morgan fingerprint density at radius 1 is 0.772 bits per heavy atom. The summed E-state index contributed by atoms with van der Waals surface area (Å²) in [5.74, 6) is 0.654. The predicted octanol–water partition coefficient (Wildman–Crippen LogP) is 13.0. The normalized spacial score (nSPS) is 14.7. The summed E-state index contributed by atoms with van der Waals surface area (Å²) in [6.45, 7) is 16.3. The number of hydrogen-bond donors (Lipinski definition) is 0. The molecule has 2 aromatic heterocycles. The number of anilines is 2. The summed E-state index contributed by atoms with van der Waals surface area (Å²) in [6, 6.07) is 52.1. The van der Waals surface area contributed by atoms with Crippen LogP contribution in [0.2, 0.25) is 19.6 Å². The first-order valence-corrected chi connectivity index (χ1v) is 23.2. The smallest absolute Gasteiger partial charge is 0.661 e. The molecule has 0 N–H and O–H groups in total. The van der Waals surface area contributed by atoms with Crippen molar-refractivity contribution in [3.05, 3.63) is 186 Å². The molecule has 0 saturated heterocycles. The van der Waals surface area contributed by atoms with E-state index in [0.717, 1.165) is 40.3 Å². The Morgan fingerprint density at radius 2 is 1.47 bits per heavy atom. The van der Waals surface area contributed by atoms with E-state index >= 15 is 0 Å². The minimum absolute atomic E-state index is 0. The first kappa shape index (κ1) is 40.1. The average molecular weight is 938 g/mol. The number of rotatable bonds is 7. The van der Waals surface area contributed by atoms with Crippen molar-refractivity contribution >= 4 is 30.3 Å². The van der Waals surface area contributed by atoms with Crippen molar-refractivity contribution in [3.63, 3.8) is 0 Å². The monoisotopic (exact) mass is 938 g/mol. The molecule has 0 bridgehead atoms. The van der Waals surface area contributed by atoms with Crippen LogP contribution in [-0.4, -0.2) is 18.0 Å². The molecule has 9 rings (SSSR count). The van der Waals surface area contributed by atoms with E-state index in [1.165, 1.54) is 44.1 Å². The second-order valence-corrected chi connectivity index (χ2v) is 21.9. The van der Waals surface area contributed by atoms with E-state index in [1.807, 2.05) is 6.07 Å². The molecule has 6 heteroatoms. The summed E-state index contributed by atoms with van der Waals surface area (Å²) in [5, 5.41) is 6.65. The minimum atomic E-state index is -1.35. The summed E-state index contributed by atoms with van der Waals surface area (Å²) in [6.07, 6.45) is 6.53. The Balaban J connectivity index is 0.000000202. The van der Waals surface area contributed by atoms with Crippen LogP contribution in [-0.2, 0) is 31.9 Å². The largest absolute Gasteiger partial charge is 3.00 e. The minimum Gasteiger partial charge on any atom is -0.661 e. The van der Waals surface area contributed by atoms with Gasteiger partial charge in [0.2, 0.25) is 0 Å². The number of aromatic nitrogens is 2. The number of benzene rings is 5. The quantitative estimate of drug-likeness (QED) is 0.118. The van der Waals surface area contributed by atoms with Gasteiger partial charge >= 0.3 is 20.1 Å². The van der Waals surface area contributed by atoms with Gasteiger partial charge in [-0.3, -0.25) is 4.98 Å². The van der Waals surface area contributed by atoms with Crippen LogP contribution in [0.1, 0.15) is 56.1 Å². The standard InChI is InChI=1S/C34H26N2.C17H23N2Si.Ir/c1-34(2)29-13-7-6-12-27(29)28-22-25(18-21-30(28)34)33-35-31-14-8-9-15-32(31)36(33)26-19-16-24(17-20-26)23-10-4-3-5-11-23;1-13(2)10-15-11-16(14-6-8-18-9-7-14)19-12-17(15)20(3,4)5;/h3-17,19-22,33H,1-2H3;6,8-9,11-13H,10H2,1-5H3;/q-2;-1;+3. The molecule has 1 aliphatic heterocycles. The predicted molar refractivity (Wildman–Crippen MR) is 237 cm³/mol. The molecule has 7 aromatic rings. The SMILES string of the molecule is CC(C)Cc1cc(-c2[c-]cncc2)ncc1[Si](C)(C)C.CC1(C)c2c[c-]c(C3[N-]c4ccccc4N3c3ccc(-c4ccccc4)cc3)cc2-c2ccccc21.[Ir+3]. The number of hydrogen-bond acceptors (Lipinski definition) is 3. The molecule has 0 fully saturated rings. The van der Waals surface area contributed by atoms with Crippen LogP contribution in [0.3, 0.4) is 0 Å².